The first-order valence-electron chi connectivity index (χ1n) is 9.42. The van der Waals surface area contributed by atoms with E-state index in [0.717, 1.165) is 37.0 Å². The summed E-state index contributed by atoms with van der Waals surface area (Å²) in [5, 5.41) is 3.08. The van der Waals surface area contributed by atoms with Crippen LogP contribution in [-0.2, 0) is 11.3 Å². The fourth-order valence-corrected chi connectivity index (χ4v) is 3.78. The van der Waals surface area contributed by atoms with Crippen molar-refractivity contribution in [2.45, 2.75) is 70.4 Å². The lowest BCUT2D eigenvalue weighted by Gasteiger charge is -2.35. The molecule has 2 aliphatic rings. The molecule has 1 aromatic carbocycles. The topological polar surface area (TPSA) is 64.4 Å². The Bertz CT molecular complexity index is 548. The van der Waals surface area contributed by atoms with E-state index in [1.807, 2.05) is 24.3 Å². The van der Waals surface area contributed by atoms with Crippen LogP contribution >= 0.6 is 0 Å². The number of benzene rings is 1. The fourth-order valence-electron chi connectivity index (χ4n) is 3.78. The van der Waals surface area contributed by atoms with Crippen LogP contribution in [0.25, 0.3) is 0 Å². The van der Waals surface area contributed by atoms with Crippen molar-refractivity contribution in [1.82, 2.24) is 5.32 Å². The fraction of sp³-hybridized carbons (Fsp3) is 0.650. The van der Waals surface area contributed by atoms with Gasteiger partial charge in [-0.3, -0.25) is 4.79 Å². The summed E-state index contributed by atoms with van der Waals surface area (Å²) >= 11 is 0. The van der Waals surface area contributed by atoms with Gasteiger partial charge in [-0.05, 0) is 50.1 Å². The van der Waals surface area contributed by atoms with E-state index in [9.17, 15) is 4.79 Å². The summed E-state index contributed by atoms with van der Waals surface area (Å²) in [5.41, 5.74) is 7.07. The zero-order valence-electron chi connectivity index (χ0n) is 14.6. The standard InChI is InChI=1S/C20H30N2O2/c21-15-20(11-4-1-5-12-20)13-19(23)22-14-16-7-2-3-10-18(16)24-17-8-6-9-17/h2-3,7,10,17H,1,4-6,8-9,11-15,21H2,(H,22,23). The van der Waals surface area contributed by atoms with Gasteiger partial charge in [-0.25, -0.2) is 0 Å². The molecule has 0 bridgehead atoms. The van der Waals surface area contributed by atoms with Crippen LogP contribution in [0.3, 0.4) is 0 Å². The first kappa shape index (κ1) is 17.3. The van der Waals surface area contributed by atoms with Gasteiger partial charge in [0.05, 0.1) is 6.10 Å². The lowest BCUT2D eigenvalue weighted by molar-refractivity contribution is -0.124. The molecule has 0 unspecified atom stereocenters. The number of nitrogens with one attached hydrogen (secondary N) is 1. The molecule has 4 heteroatoms. The van der Waals surface area contributed by atoms with Crippen molar-refractivity contribution in [3.05, 3.63) is 29.8 Å². The Morgan fingerprint density at radius 3 is 2.58 bits per heavy atom. The second-order valence-electron chi connectivity index (χ2n) is 7.50. The molecule has 0 saturated heterocycles. The third kappa shape index (κ3) is 4.29. The van der Waals surface area contributed by atoms with Gasteiger partial charge >= 0.3 is 0 Å². The van der Waals surface area contributed by atoms with E-state index in [1.165, 1.54) is 25.7 Å². The van der Waals surface area contributed by atoms with Gasteiger partial charge in [0, 0.05) is 18.5 Å². The molecule has 2 fully saturated rings. The number of nitrogens with two attached hydrogens (primary N) is 1. The highest BCUT2D eigenvalue weighted by atomic mass is 16.5. The van der Waals surface area contributed by atoms with Crippen LogP contribution in [0.15, 0.2) is 24.3 Å². The maximum Gasteiger partial charge on any atom is 0.220 e. The van der Waals surface area contributed by atoms with Crippen LogP contribution in [-0.4, -0.2) is 18.6 Å². The smallest absolute Gasteiger partial charge is 0.220 e. The molecular weight excluding hydrogens is 300 g/mol. The van der Waals surface area contributed by atoms with Crippen LogP contribution in [0.5, 0.6) is 5.75 Å². The van der Waals surface area contributed by atoms with E-state index >= 15 is 0 Å². The Kier molecular flexibility index (Phi) is 5.77. The van der Waals surface area contributed by atoms with Crippen LogP contribution in [0.2, 0.25) is 0 Å². The van der Waals surface area contributed by atoms with Crippen molar-refractivity contribution in [3.63, 3.8) is 0 Å². The summed E-state index contributed by atoms with van der Waals surface area (Å²) in [4.78, 5) is 12.4. The van der Waals surface area contributed by atoms with Crippen LogP contribution < -0.4 is 15.8 Å². The van der Waals surface area contributed by atoms with Crippen molar-refractivity contribution in [1.29, 1.82) is 0 Å². The number of para-hydroxylation sites is 1. The Hall–Kier alpha value is -1.55. The quantitative estimate of drug-likeness (QED) is 0.804. The zero-order valence-corrected chi connectivity index (χ0v) is 14.6. The predicted octanol–water partition coefficient (Wildman–Crippen LogP) is 3.53. The van der Waals surface area contributed by atoms with Crippen LogP contribution in [0.1, 0.15) is 63.4 Å². The molecule has 1 amide bonds. The highest BCUT2D eigenvalue weighted by molar-refractivity contribution is 5.76. The van der Waals surface area contributed by atoms with Crippen molar-refractivity contribution >= 4 is 5.91 Å². The summed E-state index contributed by atoms with van der Waals surface area (Å²) in [5.74, 6) is 1.02. The average molecular weight is 330 g/mol. The van der Waals surface area contributed by atoms with E-state index in [-0.39, 0.29) is 11.3 Å². The maximum atomic E-state index is 12.4. The minimum absolute atomic E-state index is 0.0181. The maximum absolute atomic E-state index is 12.4. The lowest BCUT2D eigenvalue weighted by atomic mass is 9.71. The minimum atomic E-state index is 0.0181. The van der Waals surface area contributed by atoms with Gasteiger partial charge in [0.25, 0.3) is 0 Å². The Balaban J connectivity index is 1.54. The SMILES string of the molecule is NCC1(CC(=O)NCc2ccccc2OC2CCC2)CCCCC1. The largest absolute Gasteiger partial charge is 0.490 e. The summed E-state index contributed by atoms with van der Waals surface area (Å²) in [6, 6.07) is 8.03. The molecule has 4 nitrogen and oxygen atoms in total. The van der Waals surface area contributed by atoms with Crippen molar-refractivity contribution in [3.8, 4) is 5.75 Å². The van der Waals surface area contributed by atoms with Crippen molar-refractivity contribution in [2.24, 2.45) is 11.1 Å². The lowest BCUT2D eigenvalue weighted by Crippen LogP contribution is -2.38. The molecule has 2 saturated carbocycles. The third-order valence-corrected chi connectivity index (χ3v) is 5.68. The van der Waals surface area contributed by atoms with Gasteiger partial charge in [0.2, 0.25) is 5.91 Å². The number of hydrogen-bond acceptors (Lipinski definition) is 3. The molecule has 0 radical (unpaired) electrons. The monoisotopic (exact) mass is 330 g/mol. The number of ether oxygens (including phenoxy) is 1. The van der Waals surface area contributed by atoms with E-state index < -0.39 is 0 Å². The summed E-state index contributed by atoms with van der Waals surface area (Å²) in [7, 11) is 0. The Morgan fingerprint density at radius 2 is 1.92 bits per heavy atom. The molecule has 0 spiro atoms. The van der Waals surface area contributed by atoms with Gasteiger partial charge in [-0.1, -0.05) is 37.5 Å². The zero-order chi connectivity index (χ0) is 16.8. The van der Waals surface area contributed by atoms with Crippen LogP contribution in [0, 0.1) is 5.41 Å². The molecule has 0 atom stereocenters. The summed E-state index contributed by atoms with van der Waals surface area (Å²) < 4.78 is 6.03. The number of amides is 1. The number of carbonyl (C=O) groups excluding carboxylic acids is 1. The van der Waals surface area contributed by atoms with Gasteiger partial charge in [0.15, 0.2) is 0 Å². The van der Waals surface area contributed by atoms with Crippen molar-refractivity contribution in [2.75, 3.05) is 6.54 Å². The molecule has 24 heavy (non-hydrogen) atoms. The molecule has 0 aromatic heterocycles. The molecule has 132 valence electrons. The summed E-state index contributed by atoms with van der Waals surface area (Å²) in [6.07, 6.45) is 10.3. The summed E-state index contributed by atoms with van der Waals surface area (Å²) in [6.45, 7) is 1.14. The number of rotatable bonds is 7. The minimum Gasteiger partial charge on any atom is -0.490 e. The molecule has 3 rings (SSSR count). The van der Waals surface area contributed by atoms with Gasteiger partial charge < -0.3 is 15.8 Å². The molecule has 3 N–H and O–H groups in total. The first-order chi connectivity index (χ1) is 11.7. The normalized spacial score (nSPS) is 20.2. The molecule has 2 aliphatic carbocycles. The van der Waals surface area contributed by atoms with Gasteiger partial charge in [-0.2, -0.15) is 0 Å². The van der Waals surface area contributed by atoms with E-state index in [1.54, 1.807) is 0 Å². The molecule has 1 aromatic rings. The number of hydrogen-bond donors (Lipinski definition) is 2. The average Bonchev–Trinajstić information content (AvgIpc) is 2.58. The second kappa shape index (κ2) is 8.02. The Morgan fingerprint density at radius 1 is 1.17 bits per heavy atom. The predicted molar refractivity (Wildman–Crippen MR) is 95.7 cm³/mol. The van der Waals surface area contributed by atoms with Crippen molar-refractivity contribution < 1.29 is 9.53 Å². The molecule has 0 heterocycles. The van der Waals surface area contributed by atoms with Gasteiger partial charge in [-0.15, -0.1) is 0 Å². The van der Waals surface area contributed by atoms with E-state index in [4.69, 9.17) is 10.5 Å². The molecular formula is C20H30N2O2. The van der Waals surface area contributed by atoms with E-state index in [0.29, 0.717) is 25.6 Å². The third-order valence-electron chi connectivity index (χ3n) is 5.68. The van der Waals surface area contributed by atoms with Crippen LogP contribution in [0.4, 0.5) is 0 Å². The first-order valence-corrected chi connectivity index (χ1v) is 9.42. The van der Waals surface area contributed by atoms with Gasteiger partial charge in [0.1, 0.15) is 5.75 Å². The Labute approximate surface area is 145 Å². The van der Waals surface area contributed by atoms with E-state index in [2.05, 4.69) is 5.32 Å². The number of carbonyl (C=O) groups is 1. The highest BCUT2D eigenvalue weighted by Crippen LogP contribution is 2.38. The highest BCUT2D eigenvalue weighted by Gasteiger charge is 2.32. The molecule has 0 aliphatic heterocycles. The second-order valence-corrected chi connectivity index (χ2v) is 7.50.